The normalized spacial score (nSPS) is 18.2. The van der Waals surface area contributed by atoms with Crippen LogP contribution in [0.2, 0.25) is 0 Å². The molecule has 136 valence electrons. The number of piperidine rings is 1. The average molecular weight is 341 g/mol. The van der Waals surface area contributed by atoms with Crippen LogP contribution in [0.5, 0.6) is 0 Å². The molecule has 4 heteroatoms. The molecule has 0 amide bonds. The van der Waals surface area contributed by atoms with E-state index in [0.29, 0.717) is 5.84 Å². The fraction of sp³-hybridized carbons (Fsp3) is 0.476. The Balaban J connectivity index is 1.91. The van der Waals surface area contributed by atoms with Crippen LogP contribution < -0.4 is 5.73 Å². The number of nitrogens with zero attached hydrogens (tertiary/aromatic N) is 2. The highest BCUT2D eigenvalue weighted by atomic mass is 16.3. The van der Waals surface area contributed by atoms with E-state index in [9.17, 15) is 5.11 Å². The Bertz CT molecular complexity index is 595. The molecule has 1 heterocycles. The number of aryl methyl sites for hydroxylation is 1. The molecular weight excluding hydrogens is 310 g/mol. The first-order valence-electron chi connectivity index (χ1n) is 9.12. The minimum absolute atomic E-state index is 0.0338. The van der Waals surface area contributed by atoms with Crippen molar-refractivity contribution >= 4 is 5.84 Å². The molecule has 0 spiro atoms. The molecule has 0 radical (unpaired) electrons. The molecule has 0 saturated carbocycles. The second kappa shape index (κ2) is 9.42. The van der Waals surface area contributed by atoms with Crippen molar-refractivity contribution in [2.75, 3.05) is 19.7 Å². The van der Waals surface area contributed by atoms with Gasteiger partial charge < -0.3 is 15.7 Å². The molecule has 0 aromatic heterocycles. The summed E-state index contributed by atoms with van der Waals surface area (Å²) >= 11 is 0. The van der Waals surface area contributed by atoms with Gasteiger partial charge in [-0.3, -0.25) is 0 Å². The number of nitrogens with two attached hydrogens (primary N) is 1. The summed E-state index contributed by atoms with van der Waals surface area (Å²) in [6, 6.07) is 10.6. The lowest BCUT2D eigenvalue weighted by molar-refractivity contribution is 0.0460. The molecule has 1 aliphatic rings. The molecule has 25 heavy (non-hydrogen) atoms. The van der Waals surface area contributed by atoms with Crippen molar-refractivity contribution < 1.29 is 5.11 Å². The predicted molar refractivity (Wildman–Crippen MR) is 105 cm³/mol. The lowest BCUT2D eigenvalue weighted by atomic mass is 9.75. The Kier molecular flexibility index (Phi) is 7.26. The first-order chi connectivity index (χ1) is 12.1. The van der Waals surface area contributed by atoms with Gasteiger partial charge in [-0.25, -0.2) is 4.99 Å². The van der Waals surface area contributed by atoms with E-state index in [4.69, 9.17) is 5.73 Å². The van der Waals surface area contributed by atoms with E-state index in [2.05, 4.69) is 40.7 Å². The Labute approximate surface area is 151 Å². The quantitative estimate of drug-likeness (QED) is 0.432. The van der Waals surface area contributed by atoms with Crippen LogP contribution in [0, 0.1) is 5.41 Å². The van der Waals surface area contributed by atoms with Crippen molar-refractivity contribution in [3.8, 4) is 0 Å². The van der Waals surface area contributed by atoms with Crippen molar-refractivity contribution in [3.05, 3.63) is 60.4 Å². The Morgan fingerprint density at radius 3 is 2.56 bits per heavy atom. The maximum absolute atomic E-state index is 10.0. The smallest absolute Gasteiger partial charge is 0.130 e. The van der Waals surface area contributed by atoms with Crippen LogP contribution in [0.25, 0.3) is 0 Å². The summed E-state index contributed by atoms with van der Waals surface area (Å²) in [6.07, 6.45) is 8.85. The minimum atomic E-state index is 0.0338. The van der Waals surface area contributed by atoms with Gasteiger partial charge in [-0.15, -0.1) is 0 Å². The number of amidine groups is 1. The van der Waals surface area contributed by atoms with E-state index in [0.717, 1.165) is 51.0 Å². The van der Waals surface area contributed by atoms with Crippen LogP contribution in [0.1, 0.15) is 38.2 Å². The molecule has 1 aromatic carbocycles. The van der Waals surface area contributed by atoms with E-state index in [1.807, 2.05) is 12.1 Å². The number of rotatable bonds is 8. The molecule has 4 nitrogen and oxygen atoms in total. The highest BCUT2D eigenvalue weighted by Gasteiger charge is 2.34. The number of aliphatic hydroxyl groups excluding tert-OH is 1. The van der Waals surface area contributed by atoms with E-state index in [1.165, 1.54) is 5.56 Å². The molecule has 0 aliphatic carbocycles. The largest absolute Gasteiger partial charge is 0.396 e. The zero-order valence-electron chi connectivity index (χ0n) is 15.3. The fourth-order valence-electron chi connectivity index (χ4n) is 3.51. The van der Waals surface area contributed by atoms with Gasteiger partial charge in [0.05, 0.1) is 5.84 Å². The number of benzene rings is 1. The van der Waals surface area contributed by atoms with Crippen LogP contribution in [0.15, 0.2) is 59.9 Å². The van der Waals surface area contributed by atoms with E-state index < -0.39 is 0 Å². The summed E-state index contributed by atoms with van der Waals surface area (Å²) in [5, 5.41) is 10.0. The molecule has 1 fully saturated rings. The number of allylic oxidation sites excluding steroid dienone is 2. The molecule has 1 aromatic rings. The number of hydrogen-bond acceptors (Lipinski definition) is 3. The van der Waals surface area contributed by atoms with Crippen molar-refractivity contribution in [2.45, 2.75) is 39.0 Å². The predicted octanol–water partition coefficient (Wildman–Crippen LogP) is 3.49. The Hall–Kier alpha value is -2.07. The van der Waals surface area contributed by atoms with Crippen molar-refractivity contribution in [3.63, 3.8) is 0 Å². The highest BCUT2D eigenvalue weighted by molar-refractivity contribution is 5.78. The molecule has 0 atom stereocenters. The van der Waals surface area contributed by atoms with Gasteiger partial charge in [0, 0.05) is 19.7 Å². The van der Waals surface area contributed by atoms with E-state index >= 15 is 0 Å². The van der Waals surface area contributed by atoms with Gasteiger partial charge in [-0.05, 0) is 56.1 Å². The van der Waals surface area contributed by atoms with E-state index in [-0.39, 0.29) is 12.0 Å². The number of aliphatic imine (C=N–C) groups is 1. The van der Waals surface area contributed by atoms with Gasteiger partial charge in [0.25, 0.3) is 0 Å². The highest BCUT2D eigenvalue weighted by Crippen LogP contribution is 2.37. The summed E-state index contributed by atoms with van der Waals surface area (Å²) in [7, 11) is 0. The van der Waals surface area contributed by atoms with Gasteiger partial charge in [0.2, 0.25) is 0 Å². The Morgan fingerprint density at radius 1 is 1.32 bits per heavy atom. The summed E-state index contributed by atoms with van der Waals surface area (Å²) in [5.41, 5.74) is 7.14. The number of aliphatic hydroxyl groups is 1. The number of hydrogen-bond donors (Lipinski definition) is 2. The zero-order valence-corrected chi connectivity index (χ0v) is 15.3. The number of likely N-dealkylation sites (tertiary alicyclic amines) is 1. The van der Waals surface area contributed by atoms with Crippen LogP contribution in [-0.2, 0) is 6.42 Å². The summed E-state index contributed by atoms with van der Waals surface area (Å²) < 4.78 is 0. The van der Waals surface area contributed by atoms with Crippen molar-refractivity contribution in [2.24, 2.45) is 16.1 Å². The third-order valence-electron chi connectivity index (χ3n) is 5.06. The van der Waals surface area contributed by atoms with Crippen LogP contribution >= 0.6 is 0 Å². The fourth-order valence-corrected chi connectivity index (χ4v) is 3.51. The second-order valence-electron chi connectivity index (χ2n) is 7.00. The second-order valence-corrected chi connectivity index (χ2v) is 7.00. The molecule has 0 unspecified atom stereocenters. The SMILES string of the molecule is C=C/C=C(\N=C(/C)N)N1CCC(CO)(CCCc2ccccc2)CC1. The average Bonchev–Trinajstić information content (AvgIpc) is 2.62. The van der Waals surface area contributed by atoms with Crippen molar-refractivity contribution in [1.82, 2.24) is 4.90 Å². The lowest BCUT2D eigenvalue weighted by Gasteiger charge is -2.41. The van der Waals surface area contributed by atoms with Gasteiger partial charge >= 0.3 is 0 Å². The summed E-state index contributed by atoms with van der Waals surface area (Å²) in [4.78, 5) is 6.65. The maximum atomic E-state index is 10.0. The standard InChI is InChI=1S/C21H31N3O/c1-3-8-20(23-18(2)22)24-15-13-21(17-25,14-16-24)12-7-11-19-9-5-4-6-10-19/h3-6,8-10,25H,1,7,11-17H2,2H3,(H2,22,23)/b20-8+. The Morgan fingerprint density at radius 2 is 2.00 bits per heavy atom. The molecule has 1 aliphatic heterocycles. The third-order valence-corrected chi connectivity index (χ3v) is 5.06. The van der Waals surface area contributed by atoms with Crippen molar-refractivity contribution in [1.29, 1.82) is 0 Å². The molecule has 2 rings (SSSR count). The van der Waals surface area contributed by atoms with Crippen LogP contribution in [-0.4, -0.2) is 35.5 Å². The molecule has 3 N–H and O–H groups in total. The van der Waals surface area contributed by atoms with Gasteiger partial charge in [0.1, 0.15) is 5.82 Å². The van der Waals surface area contributed by atoms with Crippen LogP contribution in [0.4, 0.5) is 0 Å². The topological polar surface area (TPSA) is 61.8 Å². The molecule has 0 bridgehead atoms. The summed E-state index contributed by atoms with van der Waals surface area (Å²) in [6.45, 7) is 7.60. The zero-order chi connectivity index (χ0) is 18.1. The van der Waals surface area contributed by atoms with Crippen LogP contribution in [0.3, 0.4) is 0 Å². The van der Waals surface area contributed by atoms with E-state index in [1.54, 1.807) is 13.0 Å². The minimum Gasteiger partial charge on any atom is -0.396 e. The first kappa shape index (κ1) is 19.3. The molecule has 1 saturated heterocycles. The van der Waals surface area contributed by atoms with Gasteiger partial charge in [-0.1, -0.05) is 43.0 Å². The molecular formula is C21H31N3O. The summed E-state index contributed by atoms with van der Waals surface area (Å²) in [5.74, 6) is 1.42. The lowest BCUT2D eigenvalue weighted by Crippen LogP contribution is -2.41. The first-order valence-corrected chi connectivity index (χ1v) is 9.12. The van der Waals surface area contributed by atoms with Gasteiger partial charge in [-0.2, -0.15) is 0 Å². The monoisotopic (exact) mass is 341 g/mol. The third kappa shape index (κ3) is 5.75. The van der Waals surface area contributed by atoms with Gasteiger partial charge in [0.15, 0.2) is 0 Å². The maximum Gasteiger partial charge on any atom is 0.130 e.